The number of piperazine rings is 1. The molecule has 0 radical (unpaired) electrons. The van der Waals surface area contributed by atoms with Gasteiger partial charge in [0.1, 0.15) is 11.9 Å². The molecule has 1 fully saturated rings. The lowest BCUT2D eigenvalue weighted by molar-refractivity contribution is -0.133. The molecular weight excluding hydrogens is 416 g/mol. The van der Waals surface area contributed by atoms with Crippen molar-refractivity contribution in [3.8, 4) is 0 Å². The van der Waals surface area contributed by atoms with Gasteiger partial charge < -0.3 is 15.5 Å². The number of rotatable bonds is 4. The van der Waals surface area contributed by atoms with Crippen molar-refractivity contribution in [3.05, 3.63) is 65.0 Å². The van der Waals surface area contributed by atoms with Crippen molar-refractivity contribution in [1.29, 1.82) is 0 Å². The highest BCUT2D eigenvalue weighted by Gasteiger charge is 2.27. The maximum Gasteiger partial charge on any atom is 0.244 e. The maximum absolute atomic E-state index is 14.3. The van der Waals surface area contributed by atoms with E-state index in [1.807, 2.05) is 36.1 Å². The molecular formula is C21H26Cl2FN3O2. The van der Waals surface area contributed by atoms with E-state index in [-0.39, 0.29) is 36.5 Å². The number of ketones is 1. The number of nitrogens with two attached hydrogens (primary N) is 1. The molecule has 1 heterocycles. The number of halogens is 3. The minimum atomic E-state index is -0.691. The number of hydrogen-bond acceptors (Lipinski definition) is 4. The summed E-state index contributed by atoms with van der Waals surface area (Å²) in [6, 6.07) is 11.5. The maximum atomic E-state index is 14.3. The van der Waals surface area contributed by atoms with Gasteiger partial charge in [0.05, 0.1) is 5.69 Å². The zero-order chi connectivity index (χ0) is 19.6. The smallest absolute Gasteiger partial charge is 0.244 e. The Hall–Kier alpha value is -2.15. The molecule has 1 aliphatic heterocycles. The second kappa shape index (κ2) is 10.6. The van der Waals surface area contributed by atoms with Gasteiger partial charge in [0.15, 0.2) is 5.78 Å². The zero-order valence-corrected chi connectivity index (χ0v) is 18.1. The Bertz CT molecular complexity index is 854. The first kappa shape index (κ1) is 24.9. The van der Waals surface area contributed by atoms with E-state index in [4.69, 9.17) is 5.73 Å². The molecule has 1 amide bonds. The summed E-state index contributed by atoms with van der Waals surface area (Å²) in [5.74, 6) is -0.703. The van der Waals surface area contributed by atoms with Crippen LogP contribution in [0.3, 0.4) is 0 Å². The van der Waals surface area contributed by atoms with Crippen molar-refractivity contribution >= 4 is 42.2 Å². The van der Waals surface area contributed by atoms with Crippen LogP contribution in [0.1, 0.15) is 34.5 Å². The number of hydrogen-bond donors (Lipinski definition) is 1. The highest BCUT2D eigenvalue weighted by molar-refractivity contribution is 5.94. The Kier molecular flexibility index (Phi) is 9.08. The zero-order valence-electron chi connectivity index (χ0n) is 16.4. The van der Waals surface area contributed by atoms with Crippen LogP contribution in [0.25, 0.3) is 0 Å². The standard InChI is InChI=1S/C21H24FN3O2.2ClH/c1-14-3-5-16(6-4-14)20(23)21(27)25-11-9-24(10-12-25)19-8-7-17(15(2)26)13-18(19)22;;/h3-8,13,20H,9-12,23H2,1-2H3;2*1H. The van der Waals surface area contributed by atoms with Crippen LogP contribution in [0.15, 0.2) is 42.5 Å². The first-order chi connectivity index (χ1) is 12.9. The topological polar surface area (TPSA) is 66.6 Å². The molecule has 2 aromatic carbocycles. The average Bonchev–Trinajstić information content (AvgIpc) is 2.67. The first-order valence-electron chi connectivity index (χ1n) is 9.03. The monoisotopic (exact) mass is 441 g/mol. The molecule has 158 valence electrons. The molecule has 2 aromatic rings. The van der Waals surface area contributed by atoms with Gasteiger partial charge in [-0.15, -0.1) is 24.8 Å². The third kappa shape index (κ3) is 5.69. The minimum Gasteiger partial charge on any atom is -0.366 e. The van der Waals surface area contributed by atoms with Gasteiger partial charge in [-0.25, -0.2) is 4.39 Å². The molecule has 0 bridgehead atoms. The Morgan fingerprint density at radius 2 is 1.59 bits per heavy atom. The molecule has 1 saturated heterocycles. The van der Waals surface area contributed by atoms with Gasteiger partial charge in [0.25, 0.3) is 0 Å². The van der Waals surface area contributed by atoms with Crippen molar-refractivity contribution < 1.29 is 14.0 Å². The molecule has 0 spiro atoms. The van der Waals surface area contributed by atoms with Crippen LogP contribution in [0.5, 0.6) is 0 Å². The summed E-state index contributed by atoms with van der Waals surface area (Å²) in [5.41, 5.74) is 8.85. The summed E-state index contributed by atoms with van der Waals surface area (Å²) < 4.78 is 14.3. The molecule has 0 saturated carbocycles. The number of Topliss-reactive ketones (excluding diaryl/α,β-unsaturated/α-hetero) is 1. The Morgan fingerprint density at radius 3 is 2.10 bits per heavy atom. The Labute approximate surface area is 182 Å². The van der Waals surface area contributed by atoms with E-state index >= 15 is 0 Å². The number of anilines is 1. The lowest BCUT2D eigenvalue weighted by Gasteiger charge is -2.37. The lowest BCUT2D eigenvalue weighted by atomic mass is 10.0. The average molecular weight is 442 g/mol. The van der Waals surface area contributed by atoms with Gasteiger partial charge in [0, 0.05) is 31.7 Å². The second-order valence-electron chi connectivity index (χ2n) is 6.92. The highest BCUT2D eigenvalue weighted by Crippen LogP contribution is 2.23. The van der Waals surface area contributed by atoms with E-state index in [9.17, 15) is 14.0 Å². The van der Waals surface area contributed by atoms with Gasteiger partial charge in [0.2, 0.25) is 5.91 Å². The summed E-state index contributed by atoms with van der Waals surface area (Å²) in [5, 5.41) is 0. The van der Waals surface area contributed by atoms with Crippen LogP contribution < -0.4 is 10.6 Å². The van der Waals surface area contributed by atoms with E-state index in [1.54, 1.807) is 17.0 Å². The number of carbonyl (C=O) groups excluding carboxylic acids is 2. The van der Waals surface area contributed by atoms with E-state index in [2.05, 4.69) is 0 Å². The molecule has 2 N–H and O–H groups in total. The fourth-order valence-electron chi connectivity index (χ4n) is 3.26. The molecule has 1 atom stereocenters. The molecule has 29 heavy (non-hydrogen) atoms. The molecule has 0 aliphatic carbocycles. The quantitative estimate of drug-likeness (QED) is 0.736. The first-order valence-corrected chi connectivity index (χ1v) is 9.03. The predicted octanol–water partition coefficient (Wildman–Crippen LogP) is 3.53. The van der Waals surface area contributed by atoms with Crippen LogP contribution in [0.2, 0.25) is 0 Å². The van der Waals surface area contributed by atoms with Gasteiger partial charge in [-0.1, -0.05) is 29.8 Å². The van der Waals surface area contributed by atoms with Crippen molar-refractivity contribution in [2.24, 2.45) is 5.73 Å². The summed E-state index contributed by atoms with van der Waals surface area (Å²) >= 11 is 0. The third-order valence-corrected chi connectivity index (χ3v) is 4.99. The van der Waals surface area contributed by atoms with Gasteiger partial charge in [-0.3, -0.25) is 9.59 Å². The summed E-state index contributed by atoms with van der Waals surface area (Å²) in [7, 11) is 0. The Balaban J connectivity index is 0.00000210. The van der Waals surface area contributed by atoms with Crippen molar-refractivity contribution in [3.63, 3.8) is 0 Å². The van der Waals surface area contributed by atoms with Gasteiger partial charge in [-0.2, -0.15) is 0 Å². The Morgan fingerprint density at radius 1 is 1.00 bits per heavy atom. The van der Waals surface area contributed by atoms with Crippen molar-refractivity contribution in [1.82, 2.24) is 4.90 Å². The second-order valence-corrected chi connectivity index (χ2v) is 6.92. The molecule has 5 nitrogen and oxygen atoms in total. The van der Waals surface area contributed by atoms with E-state index in [0.717, 1.165) is 11.1 Å². The summed E-state index contributed by atoms with van der Waals surface area (Å²) in [6.07, 6.45) is 0. The number of benzene rings is 2. The fourth-order valence-corrected chi connectivity index (χ4v) is 3.26. The van der Waals surface area contributed by atoms with Gasteiger partial charge in [-0.05, 0) is 37.6 Å². The number of carbonyl (C=O) groups is 2. The SMILES string of the molecule is CC(=O)c1ccc(N2CCN(C(=O)C(N)c3ccc(C)cc3)CC2)c(F)c1.Cl.Cl. The van der Waals surface area contributed by atoms with E-state index in [0.29, 0.717) is 37.4 Å². The summed E-state index contributed by atoms with van der Waals surface area (Å²) in [6.45, 7) is 5.39. The molecule has 3 rings (SSSR count). The van der Waals surface area contributed by atoms with Crippen LogP contribution in [0, 0.1) is 12.7 Å². The van der Waals surface area contributed by atoms with Crippen molar-refractivity contribution in [2.75, 3.05) is 31.1 Å². The lowest BCUT2D eigenvalue weighted by Crippen LogP contribution is -2.51. The number of aryl methyl sites for hydroxylation is 1. The van der Waals surface area contributed by atoms with Crippen LogP contribution in [-0.2, 0) is 4.79 Å². The van der Waals surface area contributed by atoms with Gasteiger partial charge >= 0.3 is 0 Å². The van der Waals surface area contributed by atoms with Crippen LogP contribution in [0.4, 0.5) is 10.1 Å². The van der Waals surface area contributed by atoms with Crippen molar-refractivity contribution in [2.45, 2.75) is 19.9 Å². The van der Waals surface area contributed by atoms with E-state index in [1.165, 1.54) is 13.0 Å². The largest absolute Gasteiger partial charge is 0.366 e. The summed E-state index contributed by atoms with van der Waals surface area (Å²) in [4.78, 5) is 27.7. The fraction of sp³-hybridized carbons (Fsp3) is 0.333. The molecule has 0 aromatic heterocycles. The van der Waals surface area contributed by atoms with Crippen LogP contribution in [-0.4, -0.2) is 42.8 Å². The number of amides is 1. The molecule has 8 heteroatoms. The normalized spacial score (nSPS) is 14.5. The molecule has 1 aliphatic rings. The molecule has 1 unspecified atom stereocenters. The van der Waals surface area contributed by atoms with Crippen LogP contribution >= 0.6 is 24.8 Å². The minimum absolute atomic E-state index is 0. The third-order valence-electron chi connectivity index (χ3n) is 4.99. The predicted molar refractivity (Wildman–Crippen MR) is 118 cm³/mol. The van der Waals surface area contributed by atoms with E-state index < -0.39 is 11.9 Å². The highest BCUT2D eigenvalue weighted by atomic mass is 35.5. The number of nitrogens with zero attached hydrogens (tertiary/aromatic N) is 2.